The molecule has 0 bridgehead atoms. The maximum absolute atomic E-state index is 12.6. The summed E-state index contributed by atoms with van der Waals surface area (Å²) in [7, 11) is -4.38. The van der Waals surface area contributed by atoms with Gasteiger partial charge in [-0.3, -0.25) is 18.6 Å². The van der Waals surface area contributed by atoms with Crippen LogP contribution < -0.4 is 5.73 Å². The quantitative estimate of drug-likeness (QED) is 0.0265. The summed E-state index contributed by atoms with van der Waals surface area (Å²) >= 11 is 0. The number of phosphoric ester groups is 1. The van der Waals surface area contributed by atoms with Crippen molar-refractivity contribution in [2.24, 2.45) is 5.73 Å². The normalized spacial score (nSPS) is 13.9. The van der Waals surface area contributed by atoms with Crippen molar-refractivity contribution in [1.29, 1.82) is 0 Å². The zero-order valence-corrected chi connectivity index (χ0v) is 41.6. The smallest absolute Gasteiger partial charge is 0.462 e. The van der Waals surface area contributed by atoms with E-state index in [1.54, 1.807) is 0 Å². The Kier molecular flexibility index (Phi) is 47.4. The molecule has 2 unspecified atom stereocenters. The van der Waals surface area contributed by atoms with Crippen LogP contribution in [0.2, 0.25) is 0 Å². The van der Waals surface area contributed by atoms with Gasteiger partial charge in [0.25, 0.3) is 0 Å². The van der Waals surface area contributed by atoms with Crippen molar-refractivity contribution in [3.8, 4) is 0 Å². The van der Waals surface area contributed by atoms with Gasteiger partial charge in [-0.15, -0.1) is 0 Å². The first-order valence-corrected chi connectivity index (χ1v) is 27.1. The highest BCUT2D eigenvalue weighted by Crippen LogP contribution is 2.43. The summed E-state index contributed by atoms with van der Waals surface area (Å²) in [6.07, 6.45) is 63.4. The van der Waals surface area contributed by atoms with Crippen molar-refractivity contribution in [3.05, 3.63) is 85.1 Å². The molecule has 0 aliphatic rings. The van der Waals surface area contributed by atoms with E-state index in [4.69, 9.17) is 24.3 Å². The van der Waals surface area contributed by atoms with Crippen LogP contribution in [-0.4, -0.2) is 49.3 Å². The van der Waals surface area contributed by atoms with E-state index in [0.717, 1.165) is 89.9 Å². The molecule has 368 valence electrons. The van der Waals surface area contributed by atoms with Gasteiger partial charge >= 0.3 is 19.8 Å². The van der Waals surface area contributed by atoms with Crippen LogP contribution in [0.15, 0.2) is 85.1 Å². The SMILES string of the molecule is CC/C=C\C/C=C\C/C=C\C/C=C\C/C=C\C/C=C\C/C=C\CCCCCCCCCCCC(=O)OC(COC(=O)CCCCCCCCCCCCCC)COP(=O)(O)OCCN. The van der Waals surface area contributed by atoms with Gasteiger partial charge in [-0.1, -0.05) is 214 Å². The molecule has 2 atom stereocenters. The van der Waals surface area contributed by atoms with Crippen molar-refractivity contribution in [3.63, 3.8) is 0 Å². The Morgan fingerprint density at radius 1 is 0.484 bits per heavy atom. The molecule has 0 spiro atoms. The van der Waals surface area contributed by atoms with Gasteiger partial charge in [0, 0.05) is 19.4 Å². The Labute approximate surface area is 392 Å². The van der Waals surface area contributed by atoms with Gasteiger partial charge in [0.15, 0.2) is 6.10 Å². The lowest BCUT2D eigenvalue weighted by Crippen LogP contribution is -2.29. The number of hydrogen-bond acceptors (Lipinski definition) is 8. The molecule has 0 aromatic carbocycles. The van der Waals surface area contributed by atoms with E-state index >= 15 is 0 Å². The van der Waals surface area contributed by atoms with Crippen molar-refractivity contribution < 1.29 is 37.6 Å². The monoisotopic (exact) mass is 916 g/mol. The Morgan fingerprint density at radius 3 is 1.28 bits per heavy atom. The lowest BCUT2D eigenvalue weighted by atomic mass is 10.0. The fourth-order valence-corrected chi connectivity index (χ4v) is 7.56. The Hall–Kier alpha value is -2.81. The fraction of sp³-hybridized carbons (Fsp3) is 0.704. The highest BCUT2D eigenvalue weighted by Gasteiger charge is 2.26. The molecule has 64 heavy (non-hydrogen) atoms. The Bertz CT molecular complexity index is 1320. The maximum Gasteiger partial charge on any atom is 0.472 e. The first kappa shape index (κ1) is 61.2. The molecular weight excluding hydrogens is 822 g/mol. The molecule has 9 nitrogen and oxygen atoms in total. The third-order valence-electron chi connectivity index (χ3n) is 10.5. The van der Waals surface area contributed by atoms with Gasteiger partial charge in [0.1, 0.15) is 6.61 Å². The summed E-state index contributed by atoms with van der Waals surface area (Å²) in [6.45, 7) is 3.61. The van der Waals surface area contributed by atoms with Crippen molar-refractivity contribution in [2.45, 2.75) is 219 Å². The minimum Gasteiger partial charge on any atom is -0.462 e. The molecular formula is C54H94NO8P. The van der Waals surface area contributed by atoms with Crippen LogP contribution in [0.3, 0.4) is 0 Å². The van der Waals surface area contributed by atoms with Crippen molar-refractivity contribution in [1.82, 2.24) is 0 Å². The zero-order chi connectivity index (χ0) is 46.7. The molecule has 0 amide bonds. The molecule has 0 saturated carbocycles. The summed E-state index contributed by atoms with van der Waals surface area (Å²) < 4.78 is 32.9. The third-order valence-corrected chi connectivity index (χ3v) is 11.5. The fourth-order valence-electron chi connectivity index (χ4n) is 6.79. The second kappa shape index (κ2) is 49.6. The van der Waals surface area contributed by atoms with E-state index in [2.05, 4.69) is 98.9 Å². The number of nitrogens with two attached hydrogens (primary N) is 1. The van der Waals surface area contributed by atoms with Crippen molar-refractivity contribution in [2.75, 3.05) is 26.4 Å². The zero-order valence-electron chi connectivity index (χ0n) is 40.7. The van der Waals surface area contributed by atoms with E-state index in [0.29, 0.717) is 6.42 Å². The molecule has 0 aromatic rings. The second-order valence-electron chi connectivity index (χ2n) is 16.7. The average Bonchev–Trinajstić information content (AvgIpc) is 3.28. The van der Waals surface area contributed by atoms with Gasteiger partial charge in [-0.2, -0.15) is 0 Å². The van der Waals surface area contributed by atoms with Crippen LogP contribution in [0.5, 0.6) is 0 Å². The van der Waals surface area contributed by atoms with Gasteiger partial charge < -0.3 is 20.1 Å². The summed E-state index contributed by atoms with van der Waals surface area (Å²) in [5.74, 6) is -0.836. The maximum atomic E-state index is 12.6. The van der Waals surface area contributed by atoms with Crippen LogP contribution >= 0.6 is 7.82 Å². The number of allylic oxidation sites excluding steroid dienone is 14. The van der Waals surface area contributed by atoms with Gasteiger partial charge in [0.2, 0.25) is 0 Å². The molecule has 3 N–H and O–H groups in total. The summed E-state index contributed by atoms with van der Waals surface area (Å²) in [4.78, 5) is 35.0. The largest absolute Gasteiger partial charge is 0.472 e. The number of esters is 2. The average molecular weight is 916 g/mol. The highest BCUT2D eigenvalue weighted by molar-refractivity contribution is 7.47. The minimum absolute atomic E-state index is 0.0498. The molecule has 0 heterocycles. The van der Waals surface area contributed by atoms with E-state index < -0.39 is 26.5 Å². The van der Waals surface area contributed by atoms with E-state index in [1.165, 1.54) is 89.9 Å². The number of carbonyl (C=O) groups is 2. The van der Waals surface area contributed by atoms with Crippen LogP contribution in [0.4, 0.5) is 0 Å². The Morgan fingerprint density at radius 2 is 0.859 bits per heavy atom. The molecule has 0 fully saturated rings. The first-order chi connectivity index (χ1) is 31.3. The summed E-state index contributed by atoms with van der Waals surface area (Å²) in [5.41, 5.74) is 5.36. The third kappa shape index (κ3) is 48.6. The molecule has 0 aliphatic heterocycles. The first-order valence-electron chi connectivity index (χ1n) is 25.6. The highest BCUT2D eigenvalue weighted by atomic mass is 31.2. The van der Waals surface area contributed by atoms with Crippen LogP contribution in [0.1, 0.15) is 213 Å². The lowest BCUT2D eigenvalue weighted by molar-refractivity contribution is -0.161. The molecule has 0 radical (unpaired) electrons. The minimum atomic E-state index is -4.38. The van der Waals surface area contributed by atoms with Crippen molar-refractivity contribution >= 4 is 19.8 Å². The van der Waals surface area contributed by atoms with Gasteiger partial charge in [-0.25, -0.2) is 4.57 Å². The second-order valence-corrected chi connectivity index (χ2v) is 18.1. The number of rotatable bonds is 47. The number of phosphoric acid groups is 1. The van der Waals surface area contributed by atoms with Crippen LogP contribution in [-0.2, 0) is 32.7 Å². The molecule has 10 heteroatoms. The van der Waals surface area contributed by atoms with Crippen LogP contribution in [0, 0.1) is 0 Å². The number of unbranched alkanes of at least 4 members (excludes halogenated alkanes) is 20. The molecule has 0 aliphatic carbocycles. The topological polar surface area (TPSA) is 134 Å². The standard InChI is InChI=1S/C54H94NO8P/c1-3-5-7-9-11-13-15-17-18-19-20-21-22-23-24-25-26-27-28-29-30-31-32-33-34-35-37-39-41-43-45-47-54(57)63-52(51-62-64(58,59)61-49-48-55)50-60-53(56)46-44-42-40-38-36-16-14-12-10-8-6-4-2/h5,7,11,13,17-18,20-21,23-24,26-27,29-30,52H,3-4,6,8-10,12,14-16,19,22,25,28,31-51,55H2,1-2H3,(H,58,59)/b7-5-,13-11-,18-17-,21-20-,24-23-,27-26-,30-29-. The lowest BCUT2D eigenvalue weighted by Gasteiger charge is -2.19. The summed E-state index contributed by atoms with van der Waals surface area (Å²) in [5, 5.41) is 0. The van der Waals surface area contributed by atoms with Crippen LogP contribution in [0.25, 0.3) is 0 Å². The van der Waals surface area contributed by atoms with Gasteiger partial charge in [-0.05, 0) is 70.6 Å². The van der Waals surface area contributed by atoms with E-state index in [-0.39, 0.29) is 38.6 Å². The van der Waals surface area contributed by atoms with E-state index in [9.17, 15) is 19.0 Å². The predicted molar refractivity (Wildman–Crippen MR) is 270 cm³/mol. The Balaban J connectivity index is 4.01. The van der Waals surface area contributed by atoms with E-state index in [1.807, 2.05) is 0 Å². The molecule has 0 aromatic heterocycles. The summed E-state index contributed by atoms with van der Waals surface area (Å²) in [6, 6.07) is 0. The number of ether oxygens (including phenoxy) is 2. The van der Waals surface area contributed by atoms with Gasteiger partial charge in [0.05, 0.1) is 13.2 Å². The number of carbonyl (C=O) groups excluding carboxylic acids is 2. The molecule has 0 saturated heterocycles. The molecule has 0 rings (SSSR count). The number of hydrogen-bond donors (Lipinski definition) is 2. The predicted octanol–water partition coefficient (Wildman–Crippen LogP) is 15.6.